The highest BCUT2D eigenvalue weighted by atomic mass is 16.3. The van der Waals surface area contributed by atoms with Gasteiger partial charge in [-0.25, -0.2) is 0 Å². The van der Waals surface area contributed by atoms with Crippen LogP contribution in [-0.2, 0) is 6.54 Å². The molecule has 0 atom stereocenters. The van der Waals surface area contributed by atoms with Gasteiger partial charge in [-0.2, -0.15) is 0 Å². The normalized spacial score (nSPS) is 16.1. The van der Waals surface area contributed by atoms with Crippen molar-refractivity contribution in [2.75, 3.05) is 13.1 Å². The molecule has 4 nitrogen and oxygen atoms in total. The smallest absolute Gasteiger partial charge is 0.270 e. The number of carbonyl (C=O) groups is 1. The average molecular weight is 284 g/mol. The fraction of sp³-hybridized carbons (Fsp3) is 0.353. The van der Waals surface area contributed by atoms with E-state index in [0.717, 1.165) is 5.69 Å². The fourth-order valence-corrected chi connectivity index (χ4v) is 2.76. The molecule has 0 radical (unpaired) electrons. The summed E-state index contributed by atoms with van der Waals surface area (Å²) in [5.74, 6) is 0.0582. The zero-order valence-electron chi connectivity index (χ0n) is 12.0. The second kappa shape index (κ2) is 6.14. The molecule has 1 aromatic heterocycles. The number of piperidine rings is 1. The summed E-state index contributed by atoms with van der Waals surface area (Å²) >= 11 is 0. The summed E-state index contributed by atoms with van der Waals surface area (Å²) < 4.78 is 1.99. The largest absolute Gasteiger partial charge is 0.393 e. The number of nitrogens with zero attached hydrogens (tertiary/aromatic N) is 2. The van der Waals surface area contributed by atoms with E-state index < -0.39 is 0 Å². The first-order chi connectivity index (χ1) is 10.2. The molecule has 1 fully saturated rings. The van der Waals surface area contributed by atoms with Gasteiger partial charge in [0.2, 0.25) is 0 Å². The van der Waals surface area contributed by atoms with Crippen molar-refractivity contribution in [1.29, 1.82) is 0 Å². The maximum Gasteiger partial charge on any atom is 0.270 e. The van der Waals surface area contributed by atoms with Crippen LogP contribution in [0.15, 0.2) is 48.7 Å². The molecule has 2 heterocycles. The van der Waals surface area contributed by atoms with Crippen LogP contribution in [0.1, 0.15) is 28.9 Å². The zero-order valence-corrected chi connectivity index (χ0v) is 12.0. The minimum absolute atomic E-state index is 0.0582. The molecule has 2 aromatic rings. The quantitative estimate of drug-likeness (QED) is 0.938. The highest BCUT2D eigenvalue weighted by molar-refractivity contribution is 5.92. The molecule has 1 aliphatic rings. The van der Waals surface area contributed by atoms with Crippen LogP contribution in [0.2, 0.25) is 0 Å². The van der Waals surface area contributed by atoms with Gasteiger partial charge in [-0.15, -0.1) is 0 Å². The van der Waals surface area contributed by atoms with Crippen molar-refractivity contribution in [1.82, 2.24) is 9.47 Å². The van der Waals surface area contributed by atoms with Crippen LogP contribution in [0.5, 0.6) is 0 Å². The Labute approximate surface area is 124 Å². The number of likely N-dealkylation sites (tertiary alicyclic amines) is 1. The van der Waals surface area contributed by atoms with E-state index in [1.807, 2.05) is 46.0 Å². The van der Waals surface area contributed by atoms with Gasteiger partial charge in [-0.05, 0) is 30.5 Å². The molecule has 0 bridgehead atoms. The Hall–Kier alpha value is -2.07. The number of aliphatic hydroxyl groups excluding tert-OH is 1. The van der Waals surface area contributed by atoms with Crippen LogP contribution >= 0.6 is 0 Å². The van der Waals surface area contributed by atoms with Gasteiger partial charge in [-0.1, -0.05) is 30.3 Å². The van der Waals surface area contributed by atoms with Crippen LogP contribution in [0, 0.1) is 0 Å². The van der Waals surface area contributed by atoms with Crippen LogP contribution in [-0.4, -0.2) is 39.7 Å². The van der Waals surface area contributed by atoms with Gasteiger partial charge in [-0.3, -0.25) is 4.79 Å². The van der Waals surface area contributed by atoms with Crippen LogP contribution in [0.4, 0.5) is 0 Å². The number of rotatable bonds is 3. The van der Waals surface area contributed by atoms with E-state index in [1.54, 1.807) is 0 Å². The van der Waals surface area contributed by atoms with E-state index in [4.69, 9.17) is 0 Å². The third kappa shape index (κ3) is 3.16. The number of aromatic nitrogens is 1. The average Bonchev–Trinajstić information content (AvgIpc) is 2.96. The van der Waals surface area contributed by atoms with Crippen molar-refractivity contribution in [3.8, 4) is 0 Å². The van der Waals surface area contributed by atoms with Gasteiger partial charge in [0.05, 0.1) is 6.10 Å². The Bertz CT molecular complexity index is 598. The molecule has 0 aliphatic carbocycles. The van der Waals surface area contributed by atoms with Crippen LogP contribution in [0.3, 0.4) is 0 Å². The van der Waals surface area contributed by atoms with Gasteiger partial charge in [0, 0.05) is 25.8 Å². The first kappa shape index (κ1) is 13.9. The van der Waals surface area contributed by atoms with E-state index in [-0.39, 0.29) is 12.0 Å². The minimum atomic E-state index is -0.259. The van der Waals surface area contributed by atoms with Gasteiger partial charge in [0.1, 0.15) is 5.69 Å². The second-order valence-corrected chi connectivity index (χ2v) is 5.53. The molecule has 0 saturated carbocycles. The van der Waals surface area contributed by atoms with Gasteiger partial charge in [0.15, 0.2) is 0 Å². The molecule has 1 amide bonds. The molecule has 1 aromatic carbocycles. The van der Waals surface area contributed by atoms with Crippen molar-refractivity contribution >= 4 is 5.91 Å². The lowest BCUT2D eigenvalue weighted by molar-refractivity contribution is 0.0538. The van der Waals surface area contributed by atoms with Crippen molar-refractivity contribution in [3.05, 3.63) is 59.9 Å². The Morgan fingerprint density at radius 1 is 1.10 bits per heavy atom. The second-order valence-electron chi connectivity index (χ2n) is 5.53. The summed E-state index contributed by atoms with van der Waals surface area (Å²) in [7, 11) is 0. The highest BCUT2D eigenvalue weighted by Gasteiger charge is 2.23. The minimum Gasteiger partial charge on any atom is -0.393 e. The summed E-state index contributed by atoms with van der Waals surface area (Å²) in [6.45, 7) is 1.97. The molecular formula is C17H20N2O2. The molecule has 1 aliphatic heterocycles. The predicted molar refractivity (Wildman–Crippen MR) is 81.1 cm³/mol. The van der Waals surface area contributed by atoms with Gasteiger partial charge in [0.25, 0.3) is 5.91 Å². The molecular weight excluding hydrogens is 264 g/mol. The Balaban J connectivity index is 1.74. The molecule has 0 spiro atoms. The number of aliphatic hydroxyl groups is 1. The summed E-state index contributed by atoms with van der Waals surface area (Å²) in [6.07, 6.45) is 3.03. The first-order valence-corrected chi connectivity index (χ1v) is 7.40. The van der Waals surface area contributed by atoms with Crippen molar-refractivity contribution in [2.24, 2.45) is 0 Å². The van der Waals surface area contributed by atoms with E-state index in [2.05, 4.69) is 12.1 Å². The predicted octanol–water partition coefficient (Wildman–Crippen LogP) is 2.13. The lowest BCUT2D eigenvalue weighted by Gasteiger charge is -2.29. The van der Waals surface area contributed by atoms with E-state index in [1.165, 1.54) is 5.56 Å². The van der Waals surface area contributed by atoms with Crippen molar-refractivity contribution < 1.29 is 9.90 Å². The first-order valence-electron chi connectivity index (χ1n) is 7.40. The summed E-state index contributed by atoms with van der Waals surface area (Å²) in [4.78, 5) is 14.4. The Kier molecular flexibility index (Phi) is 4.06. The SMILES string of the molecule is O=C(c1cccn1Cc1ccccc1)N1CCC(O)CC1. The van der Waals surface area contributed by atoms with Crippen LogP contribution in [0.25, 0.3) is 0 Å². The van der Waals surface area contributed by atoms with Crippen LogP contribution < -0.4 is 0 Å². The highest BCUT2D eigenvalue weighted by Crippen LogP contribution is 2.15. The number of hydrogen-bond donors (Lipinski definition) is 1. The van der Waals surface area contributed by atoms with E-state index in [9.17, 15) is 9.90 Å². The monoisotopic (exact) mass is 284 g/mol. The molecule has 3 rings (SSSR count). The topological polar surface area (TPSA) is 45.5 Å². The van der Waals surface area contributed by atoms with E-state index >= 15 is 0 Å². The molecule has 1 saturated heterocycles. The number of amides is 1. The lowest BCUT2D eigenvalue weighted by Crippen LogP contribution is -2.40. The number of carbonyl (C=O) groups excluding carboxylic acids is 1. The number of benzene rings is 1. The third-order valence-electron chi connectivity index (χ3n) is 4.00. The molecule has 21 heavy (non-hydrogen) atoms. The maximum absolute atomic E-state index is 12.6. The van der Waals surface area contributed by atoms with Crippen molar-refractivity contribution in [3.63, 3.8) is 0 Å². The zero-order chi connectivity index (χ0) is 14.7. The summed E-state index contributed by atoms with van der Waals surface area (Å²) in [5, 5.41) is 9.55. The Morgan fingerprint density at radius 3 is 2.52 bits per heavy atom. The molecule has 4 heteroatoms. The molecule has 1 N–H and O–H groups in total. The molecule has 0 unspecified atom stereocenters. The maximum atomic E-state index is 12.6. The standard InChI is InChI=1S/C17H20N2O2/c20-15-8-11-18(12-9-15)17(21)16-7-4-10-19(16)13-14-5-2-1-3-6-14/h1-7,10,15,20H,8-9,11-13H2. The summed E-state index contributed by atoms with van der Waals surface area (Å²) in [5.41, 5.74) is 1.90. The third-order valence-corrected chi connectivity index (χ3v) is 4.00. The Morgan fingerprint density at radius 2 is 1.81 bits per heavy atom. The molecule has 110 valence electrons. The fourth-order valence-electron chi connectivity index (χ4n) is 2.76. The van der Waals surface area contributed by atoms with Gasteiger partial charge < -0.3 is 14.6 Å². The summed E-state index contributed by atoms with van der Waals surface area (Å²) in [6, 6.07) is 13.9. The van der Waals surface area contributed by atoms with Gasteiger partial charge >= 0.3 is 0 Å². The van der Waals surface area contributed by atoms with Crippen molar-refractivity contribution in [2.45, 2.75) is 25.5 Å². The number of hydrogen-bond acceptors (Lipinski definition) is 2. The lowest BCUT2D eigenvalue weighted by atomic mass is 10.1. The van der Waals surface area contributed by atoms with E-state index in [0.29, 0.717) is 32.5 Å².